The molecule has 2 aromatic rings. The summed E-state index contributed by atoms with van der Waals surface area (Å²) in [5, 5.41) is 8.47. The molecule has 0 spiro atoms. The van der Waals surface area contributed by atoms with Crippen LogP contribution in [-0.2, 0) is 0 Å². The fourth-order valence-electron chi connectivity index (χ4n) is 2.03. The second-order valence-electron chi connectivity index (χ2n) is 4.55. The van der Waals surface area contributed by atoms with Crippen molar-refractivity contribution in [3.63, 3.8) is 0 Å². The third-order valence-electron chi connectivity index (χ3n) is 3.12. The highest BCUT2D eigenvalue weighted by Gasteiger charge is 2.02. The van der Waals surface area contributed by atoms with E-state index < -0.39 is 0 Å². The van der Waals surface area contributed by atoms with Crippen LogP contribution < -0.4 is 0 Å². The van der Waals surface area contributed by atoms with Gasteiger partial charge in [0.15, 0.2) is 0 Å². The molecule has 0 atom stereocenters. The topological polar surface area (TPSA) is 24.7 Å². The number of allylic oxidation sites excluding steroid dienone is 4. The van der Waals surface area contributed by atoms with Gasteiger partial charge in [0.05, 0.1) is 11.4 Å². The number of rotatable bonds is 3. The average molecular weight is 325 g/mol. The van der Waals surface area contributed by atoms with E-state index in [4.69, 9.17) is 0 Å². The summed E-state index contributed by atoms with van der Waals surface area (Å²) >= 11 is 3.40. The van der Waals surface area contributed by atoms with Gasteiger partial charge in [-0.25, -0.2) is 0 Å². The van der Waals surface area contributed by atoms with Gasteiger partial charge in [0.25, 0.3) is 0 Å². The molecule has 0 saturated carbocycles. The Kier molecular flexibility index (Phi) is 3.88. The van der Waals surface area contributed by atoms with Crippen LogP contribution in [0.1, 0.15) is 12.0 Å². The molecule has 2 nitrogen and oxygen atoms in total. The van der Waals surface area contributed by atoms with Gasteiger partial charge in [-0.05, 0) is 54.0 Å². The first-order chi connectivity index (χ1) is 9.81. The molecule has 0 radical (unpaired) electrons. The summed E-state index contributed by atoms with van der Waals surface area (Å²) in [7, 11) is 0. The lowest BCUT2D eigenvalue weighted by atomic mass is 10.1. The molecule has 3 rings (SSSR count). The molecule has 98 valence electrons. The van der Waals surface area contributed by atoms with Gasteiger partial charge in [-0.2, -0.15) is 10.2 Å². The predicted molar refractivity (Wildman–Crippen MR) is 86.5 cm³/mol. The minimum absolute atomic E-state index is 0.847. The summed E-state index contributed by atoms with van der Waals surface area (Å²) < 4.78 is 1.04. The van der Waals surface area contributed by atoms with Crippen LogP contribution in [0.2, 0.25) is 0 Å². The Morgan fingerprint density at radius 2 is 1.40 bits per heavy atom. The van der Waals surface area contributed by atoms with Crippen LogP contribution in [0.4, 0.5) is 11.4 Å². The van der Waals surface area contributed by atoms with Crippen molar-refractivity contribution in [2.24, 2.45) is 10.2 Å². The van der Waals surface area contributed by atoms with Gasteiger partial charge in [-0.3, -0.25) is 0 Å². The molecule has 20 heavy (non-hydrogen) atoms. The maximum absolute atomic E-state index is 4.25. The highest BCUT2D eigenvalue weighted by atomic mass is 79.9. The van der Waals surface area contributed by atoms with Crippen LogP contribution in [0.25, 0.3) is 5.57 Å². The van der Waals surface area contributed by atoms with Gasteiger partial charge in [0.1, 0.15) is 0 Å². The Labute approximate surface area is 126 Å². The summed E-state index contributed by atoms with van der Waals surface area (Å²) in [5.41, 5.74) is 4.31. The molecule has 0 unspecified atom stereocenters. The Balaban J connectivity index is 1.73. The number of benzene rings is 2. The number of hydrogen-bond donors (Lipinski definition) is 0. The maximum atomic E-state index is 4.25. The molecule has 0 N–H and O–H groups in total. The average Bonchev–Trinajstić information content (AvgIpc) is 3.01. The first-order valence-corrected chi connectivity index (χ1v) is 7.24. The molecule has 0 bridgehead atoms. The van der Waals surface area contributed by atoms with E-state index in [-0.39, 0.29) is 0 Å². The lowest BCUT2D eigenvalue weighted by Crippen LogP contribution is -1.78. The summed E-state index contributed by atoms with van der Waals surface area (Å²) in [5.74, 6) is 0. The van der Waals surface area contributed by atoms with Gasteiger partial charge in [0, 0.05) is 4.47 Å². The first-order valence-electron chi connectivity index (χ1n) is 6.45. The smallest absolute Gasteiger partial charge is 0.0857 e. The van der Waals surface area contributed by atoms with Gasteiger partial charge >= 0.3 is 0 Å². The zero-order chi connectivity index (χ0) is 13.8. The largest absolute Gasteiger partial charge is 0.151 e. The predicted octanol–water partition coefficient (Wildman–Crippen LogP) is 6.21. The van der Waals surface area contributed by atoms with E-state index in [2.05, 4.69) is 56.5 Å². The molecule has 0 amide bonds. The fourth-order valence-corrected chi connectivity index (χ4v) is 2.29. The fraction of sp³-hybridized carbons (Fsp3) is 0.0588. The van der Waals surface area contributed by atoms with Gasteiger partial charge in [-0.1, -0.05) is 46.3 Å². The molecular formula is C17H13BrN2. The van der Waals surface area contributed by atoms with E-state index in [0.717, 1.165) is 22.3 Å². The Morgan fingerprint density at radius 1 is 0.800 bits per heavy atom. The summed E-state index contributed by atoms with van der Waals surface area (Å²) in [6.07, 6.45) is 7.42. The highest BCUT2D eigenvalue weighted by molar-refractivity contribution is 9.10. The van der Waals surface area contributed by atoms with Crippen molar-refractivity contribution in [2.75, 3.05) is 0 Å². The second-order valence-corrected chi connectivity index (χ2v) is 5.46. The van der Waals surface area contributed by atoms with Crippen molar-refractivity contribution in [2.45, 2.75) is 6.42 Å². The maximum Gasteiger partial charge on any atom is 0.0857 e. The number of hydrogen-bond acceptors (Lipinski definition) is 2. The molecule has 0 aliphatic heterocycles. The van der Waals surface area contributed by atoms with Crippen LogP contribution >= 0.6 is 15.9 Å². The minimum atomic E-state index is 0.847. The van der Waals surface area contributed by atoms with Crippen molar-refractivity contribution in [1.29, 1.82) is 0 Å². The summed E-state index contributed by atoms with van der Waals surface area (Å²) in [4.78, 5) is 0. The van der Waals surface area contributed by atoms with Crippen molar-refractivity contribution >= 4 is 32.9 Å². The standard InChI is InChI=1S/C17H13BrN2/c18-15-7-11-17(12-8-15)20-19-16-9-5-14(6-10-16)13-3-1-2-4-13/h1-3,5-12H,4H2. The van der Waals surface area contributed by atoms with E-state index in [9.17, 15) is 0 Å². The lowest BCUT2D eigenvalue weighted by Gasteiger charge is -2.01. The Morgan fingerprint density at radius 3 is 1.95 bits per heavy atom. The number of nitrogens with zero attached hydrogens (tertiary/aromatic N) is 2. The summed E-state index contributed by atoms with van der Waals surface area (Å²) in [6.45, 7) is 0. The van der Waals surface area contributed by atoms with Gasteiger partial charge in [0.2, 0.25) is 0 Å². The number of halogens is 1. The second kappa shape index (κ2) is 5.97. The molecular weight excluding hydrogens is 312 g/mol. The third-order valence-corrected chi connectivity index (χ3v) is 3.65. The van der Waals surface area contributed by atoms with Crippen molar-refractivity contribution in [3.05, 3.63) is 76.8 Å². The van der Waals surface area contributed by atoms with Crippen molar-refractivity contribution in [3.8, 4) is 0 Å². The zero-order valence-corrected chi connectivity index (χ0v) is 12.4. The van der Waals surface area contributed by atoms with Crippen molar-refractivity contribution < 1.29 is 0 Å². The van der Waals surface area contributed by atoms with Crippen LogP contribution in [0.15, 0.2) is 81.5 Å². The number of azo groups is 1. The zero-order valence-electron chi connectivity index (χ0n) is 10.8. The van der Waals surface area contributed by atoms with Gasteiger partial charge < -0.3 is 0 Å². The van der Waals surface area contributed by atoms with Crippen LogP contribution in [0.3, 0.4) is 0 Å². The van der Waals surface area contributed by atoms with E-state index in [1.165, 1.54) is 11.1 Å². The van der Waals surface area contributed by atoms with E-state index in [1.807, 2.05) is 36.4 Å². The molecule has 0 fully saturated rings. The van der Waals surface area contributed by atoms with Crippen molar-refractivity contribution in [1.82, 2.24) is 0 Å². The van der Waals surface area contributed by atoms with Gasteiger partial charge in [-0.15, -0.1) is 0 Å². The lowest BCUT2D eigenvalue weighted by molar-refractivity contribution is 1.23. The molecule has 1 aliphatic carbocycles. The van der Waals surface area contributed by atoms with E-state index in [1.54, 1.807) is 0 Å². The molecule has 0 saturated heterocycles. The molecule has 0 aromatic heterocycles. The monoisotopic (exact) mass is 324 g/mol. The molecule has 2 aromatic carbocycles. The van der Waals surface area contributed by atoms with Crippen LogP contribution in [0, 0.1) is 0 Å². The first kappa shape index (κ1) is 13.0. The highest BCUT2D eigenvalue weighted by Crippen LogP contribution is 2.26. The normalized spacial score (nSPS) is 13.9. The Bertz CT molecular complexity index is 680. The Hall–Kier alpha value is -2.00. The van der Waals surface area contributed by atoms with E-state index in [0.29, 0.717) is 0 Å². The summed E-state index contributed by atoms with van der Waals surface area (Å²) in [6, 6.07) is 15.9. The molecule has 3 heteroatoms. The SMILES string of the molecule is Brc1ccc(N=Nc2ccc(C3=CC=CC3)cc2)cc1. The van der Waals surface area contributed by atoms with Crippen LogP contribution in [-0.4, -0.2) is 0 Å². The third kappa shape index (κ3) is 3.11. The van der Waals surface area contributed by atoms with Crippen LogP contribution in [0.5, 0.6) is 0 Å². The van der Waals surface area contributed by atoms with E-state index >= 15 is 0 Å². The quantitative estimate of drug-likeness (QED) is 0.600. The minimum Gasteiger partial charge on any atom is -0.151 e. The molecule has 0 heterocycles. The molecule has 1 aliphatic rings.